The van der Waals surface area contributed by atoms with Gasteiger partial charge in [-0.3, -0.25) is 4.79 Å². The van der Waals surface area contributed by atoms with E-state index in [4.69, 9.17) is 5.73 Å². The molecular weight excluding hydrogens is 264 g/mol. The van der Waals surface area contributed by atoms with Crippen molar-refractivity contribution in [3.05, 3.63) is 35.2 Å². The molecule has 1 aromatic heterocycles. The van der Waals surface area contributed by atoms with Crippen LogP contribution in [0, 0.1) is 5.95 Å². The highest BCUT2D eigenvalue weighted by Crippen LogP contribution is 2.33. The van der Waals surface area contributed by atoms with E-state index in [-0.39, 0.29) is 19.0 Å². The summed E-state index contributed by atoms with van der Waals surface area (Å²) in [6.07, 6.45) is 4.48. The molecule has 6 heteroatoms. The van der Waals surface area contributed by atoms with Crippen molar-refractivity contribution in [1.82, 2.24) is 9.47 Å². The number of nitrogens with two attached hydrogens (primary N) is 1. The van der Waals surface area contributed by atoms with Crippen LogP contribution in [0.5, 0.6) is 0 Å². The zero-order valence-electron chi connectivity index (χ0n) is 11.1. The van der Waals surface area contributed by atoms with Crippen LogP contribution in [0.25, 0.3) is 0 Å². The van der Waals surface area contributed by atoms with Crippen molar-refractivity contribution in [2.75, 3.05) is 13.1 Å². The Hall–Kier alpha value is -1.69. The number of hydrogen-bond donors (Lipinski definition) is 1. The van der Waals surface area contributed by atoms with Gasteiger partial charge in [-0.2, -0.15) is 4.39 Å². The molecule has 0 radical (unpaired) electrons. The summed E-state index contributed by atoms with van der Waals surface area (Å²) >= 11 is 0. The molecule has 1 aliphatic carbocycles. The van der Waals surface area contributed by atoms with Gasteiger partial charge in [0.15, 0.2) is 5.95 Å². The van der Waals surface area contributed by atoms with Crippen molar-refractivity contribution in [1.29, 1.82) is 0 Å². The smallest absolute Gasteiger partial charge is 0.256 e. The van der Waals surface area contributed by atoms with E-state index in [1.165, 1.54) is 10.8 Å². The summed E-state index contributed by atoms with van der Waals surface area (Å²) in [6.45, 7) is 0.642. The minimum Gasteiger partial charge on any atom is -0.335 e. The summed E-state index contributed by atoms with van der Waals surface area (Å²) in [5.74, 6) is -0.554. The van der Waals surface area contributed by atoms with Gasteiger partial charge in [-0.25, -0.2) is 4.39 Å². The van der Waals surface area contributed by atoms with E-state index < -0.39 is 5.95 Å². The molecule has 3 rings (SSSR count). The third kappa shape index (κ3) is 2.14. The fourth-order valence-corrected chi connectivity index (χ4v) is 2.70. The number of amides is 1. The lowest BCUT2D eigenvalue weighted by atomic mass is 10.0. The average molecular weight is 281 g/mol. The predicted molar refractivity (Wildman–Crippen MR) is 70.4 cm³/mol. The Morgan fingerprint density at radius 1 is 1.50 bits per heavy atom. The number of halogens is 2. The zero-order chi connectivity index (χ0) is 14.3. The molecule has 1 aliphatic heterocycles. The Morgan fingerprint density at radius 3 is 2.85 bits per heavy atom. The normalized spacial score (nSPS) is 19.4. The molecule has 2 N–H and O–H groups in total. The van der Waals surface area contributed by atoms with Gasteiger partial charge in [-0.1, -0.05) is 0 Å². The maximum Gasteiger partial charge on any atom is 0.256 e. The van der Waals surface area contributed by atoms with Crippen molar-refractivity contribution < 1.29 is 13.6 Å². The van der Waals surface area contributed by atoms with Crippen molar-refractivity contribution in [2.24, 2.45) is 5.73 Å². The fraction of sp³-hybridized carbons (Fsp3) is 0.500. The number of carbonyl (C=O) groups excluding carboxylic acids is 1. The first-order valence-corrected chi connectivity index (χ1v) is 6.82. The Balaban J connectivity index is 1.89. The SMILES string of the molecule is NC/C(=C\F)Cn1cc2c(c1F)CCN(C1CC1)C2=O. The predicted octanol–water partition coefficient (Wildman–Crippen LogP) is 1.60. The van der Waals surface area contributed by atoms with Crippen molar-refractivity contribution in [3.63, 3.8) is 0 Å². The second kappa shape index (κ2) is 5.01. The third-order valence-corrected chi connectivity index (χ3v) is 3.98. The van der Waals surface area contributed by atoms with Crippen molar-refractivity contribution in [3.8, 4) is 0 Å². The summed E-state index contributed by atoms with van der Waals surface area (Å²) in [5, 5.41) is 0. The van der Waals surface area contributed by atoms with Gasteiger partial charge in [-0.15, -0.1) is 0 Å². The van der Waals surface area contributed by atoms with E-state index >= 15 is 0 Å². The van der Waals surface area contributed by atoms with Gasteiger partial charge in [0.25, 0.3) is 5.91 Å². The number of carbonyl (C=O) groups is 1. The molecule has 1 aromatic rings. The highest BCUT2D eigenvalue weighted by atomic mass is 19.1. The van der Waals surface area contributed by atoms with E-state index in [0.29, 0.717) is 42.0 Å². The number of rotatable bonds is 4. The summed E-state index contributed by atoms with van der Waals surface area (Å²) in [7, 11) is 0. The van der Waals surface area contributed by atoms with Crippen LogP contribution in [0.4, 0.5) is 8.78 Å². The zero-order valence-corrected chi connectivity index (χ0v) is 11.1. The van der Waals surface area contributed by atoms with Gasteiger partial charge >= 0.3 is 0 Å². The highest BCUT2D eigenvalue weighted by molar-refractivity contribution is 5.97. The molecule has 0 spiro atoms. The first kappa shape index (κ1) is 13.3. The summed E-state index contributed by atoms with van der Waals surface area (Å²) in [4.78, 5) is 14.1. The van der Waals surface area contributed by atoms with E-state index in [0.717, 1.165) is 12.8 Å². The van der Waals surface area contributed by atoms with Gasteiger partial charge < -0.3 is 15.2 Å². The van der Waals surface area contributed by atoms with E-state index in [1.54, 1.807) is 0 Å². The van der Waals surface area contributed by atoms with Gasteiger partial charge in [0.2, 0.25) is 0 Å². The largest absolute Gasteiger partial charge is 0.335 e. The minimum absolute atomic E-state index is 0.0287. The molecule has 0 atom stereocenters. The third-order valence-electron chi connectivity index (χ3n) is 3.98. The van der Waals surface area contributed by atoms with Gasteiger partial charge in [0.05, 0.1) is 11.9 Å². The second-order valence-corrected chi connectivity index (χ2v) is 5.39. The fourth-order valence-electron chi connectivity index (χ4n) is 2.70. The van der Waals surface area contributed by atoms with Crippen LogP contribution < -0.4 is 5.73 Å². The van der Waals surface area contributed by atoms with E-state index in [1.807, 2.05) is 4.90 Å². The molecule has 0 unspecified atom stereocenters. The Bertz CT molecular complexity index is 575. The molecule has 20 heavy (non-hydrogen) atoms. The number of fused-ring (bicyclic) bond motifs is 1. The Labute approximate surface area is 115 Å². The molecule has 2 heterocycles. The van der Waals surface area contributed by atoms with Crippen LogP contribution in [0.1, 0.15) is 28.8 Å². The summed E-state index contributed by atoms with van der Waals surface area (Å²) < 4.78 is 28.1. The topological polar surface area (TPSA) is 51.3 Å². The lowest BCUT2D eigenvalue weighted by molar-refractivity contribution is 0.0726. The standard InChI is InChI=1S/C14H17F2N3O/c15-5-9(6-17)7-18-8-12-11(13(18)16)3-4-19(14(12)20)10-1-2-10/h5,8,10H,1-4,6-7,17H2/b9-5+. The van der Waals surface area contributed by atoms with E-state index in [9.17, 15) is 13.6 Å². The molecule has 0 aromatic carbocycles. The second-order valence-electron chi connectivity index (χ2n) is 5.39. The molecule has 1 fully saturated rings. The Kier molecular flexibility index (Phi) is 3.33. The quantitative estimate of drug-likeness (QED) is 0.911. The van der Waals surface area contributed by atoms with E-state index in [2.05, 4.69) is 0 Å². The number of aromatic nitrogens is 1. The monoisotopic (exact) mass is 281 g/mol. The maximum atomic E-state index is 14.3. The van der Waals surface area contributed by atoms with Gasteiger partial charge in [0, 0.05) is 37.4 Å². The first-order valence-electron chi connectivity index (χ1n) is 6.82. The summed E-state index contributed by atoms with van der Waals surface area (Å²) in [6, 6.07) is 0.326. The van der Waals surface area contributed by atoms with Crippen LogP contribution in [-0.4, -0.2) is 34.5 Å². The lowest BCUT2D eigenvalue weighted by Crippen LogP contribution is -2.38. The highest BCUT2D eigenvalue weighted by Gasteiger charge is 2.38. The van der Waals surface area contributed by atoms with Crippen molar-refractivity contribution in [2.45, 2.75) is 31.8 Å². The Morgan fingerprint density at radius 2 is 2.25 bits per heavy atom. The van der Waals surface area contributed by atoms with Gasteiger partial charge in [0.1, 0.15) is 0 Å². The lowest BCUT2D eigenvalue weighted by Gasteiger charge is -2.26. The molecule has 108 valence electrons. The molecule has 0 saturated heterocycles. The molecule has 0 bridgehead atoms. The molecule has 1 saturated carbocycles. The van der Waals surface area contributed by atoms with Crippen molar-refractivity contribution >= 4 is 5.91 Å². The molecular formula is C14H17F2N3O. The number of nitrogens with zero attached hydrogens (tertiary/aromatic N) is 2. The van der Waals surface area contributed by atoms with Crippen LogP contribution in [0.2, 0.25) is 0 Å². The van der Waals surface area contributed by atoms with Crippen LogP contribution in [0.3, 0.4) is 0 Å². The van der Waals surface area contributed by atoms with Crippen LogP contribution in [0.15, 0.2) is 18.1 Å². The van der Waals surface area contributed by atoms with Crippen LogP contribution in [-0.2, 0) is 13.0 Å². The molecule has 2 aliphatic rings. The molecule has 4 nitrogen and oxygen atoms in total. The first-order chi connectivity index (χ1) is 9.65. The average Bonchev–Trinajstić information content (AvgIpc) is 3.24. The molecule has 1 amide bonds. The summed E-state index contributed by atoms with van der Waals surface area (Å²) in [5.41, 5.74) is 6.53. The van der Waals surface area contributed by atoms with Crippen LogP contribution >= 0.6 is 0 Å². The minimum atomic E-state index is -0.448. The number of hydrogen-bond acceptors (Lipinski definition) is 2. The van der Waals surface area contributed by atoms with Gasteiger partial charge in [-0.05, 0) is 24.8 Å². The maximum absolute atomic E-state index is 14.3.